The average Bonchev–Trinajstić information content (AvgIpc) is 2.37. The van der Waals surface area contributed by atoms with Crippen LogP contribution in [0.1, 0.15) is 5.56 Å². The summed E-state index contributed by atoms with van der Waals surface area (Å²) in [4.78, 5) is 13.1. The minimum Gasteiger partial charge on any atom is -0.295 e. The van der Waals surface area contributed by atoms with Gasteiger partial charge in [0.2, 0.25) is 4.33 Å². The van der Waals surface area contributed by atoms with Crippen LogP contribution in [-0.4, -0.2) is 11.9 Å². The summed E-state index contributed by atoms with van der Waals surface area (Å²) in [6.07, 6.45) is 0. The predicted octanol–water partition coefficient (Wildman–Crippen LogP) is 2.86. The van der Waals surface area contributed by atoms with Crippen LogP contribution in [-0.2, 0) is 9.13 Å². The minimum atomic E-state index is -1.49. The summed E-state index contributed by atoms with van der Waals surface area (Å²) in [6, 6.07) is 7.13. The summed E-state index contributed by atoms with van der Waals surface area (Å²) in [5, 5.41) is 0. The van der Waals surface area contributed by atoms with E-state index < -0.39 is 10.2 Å². The number of amides is 1. The summed E-state index contributed by atoms with van der Waals surface area (Å²) in [5.74, 6) is -0.392. The van der Waals surface area contributed by atoms with Crippen LogP contribution in [0.2, 0.25) is 0 Å². The third kappa shape index (κ3) is 1.22. The van der Waals surface area contributed by atoms with Gasteiger partial charge in [-0.25, -0.2) is 0 Å². The number of nitrogens with zero attached hydrogens (tertiary/aromatic N) is 1. The number of para-hydroxylation sites is 1. The first-order valence-electron chi connectivity index (χ1n) is 3.94. The van der Waals surface area contributed by atoms with Crippen molar-refractivity contribution in [3.63, 3.8) is 0 Å². The van der Waals surface area contributed by atoms with Crippen molar-refractivity contribution in [2.24, 2.45) is 0 Å². The number of benzene rings is 1. The van der Waals surface area contributed by atoms with Crippen LogP contribution in [0.15, 0.2) is 24.3 Å². The Labute approximate surface area is 96.4 Å². The normalized spacial score (nSPS) is 18.5. The van der Waals surface area contributed by atoms with E-state index in [4.69, 9.17) is 34.8 Å². The number of alkyl halides is 3. The fraction of sp³-hybridized carbons (Fsp3) is 0.222. The van der Waals surface area contributed by atoms with Gasteiger partial charge >= 0.3 is 0 Å². The Balaban J connectivity index is 2.62. The molecule has 1 aliphatic rings. The van der Waals surface area contributed by atoms with Gasteiger partial charge in [-0.3, -0.25) is 9.69 Å². The summed E-state index contributed by atoms with van der Waals surface area (Å²) in [7, 11) is 0. The van der Waals surface area contributed by atoms with Crippen molar-refractivity contribution in [3.8, 4) is 0 Å². The first-order chi connectivity index (χ1) is 6.59. The number of fused-ring (bicyclic) bond motifs is 1. The Hall–Kier alpha value is -0.440. The van der Waals surface area contributed by atoms with Gasteiger partial charge in [0.05, 0.1) is 5.69 Å². The predicted molar refractivity (Wildman–Crippen MR) is 58.0 cm³/mol. The number of hydrogen-bond donors (Lipinski definition) is 0. The van der Waals surface area contributed by atoms with Crippen LogP contribution < -0.4 is 4.90 Å². The van der Waals surface area contributed by atoms with E-state index in [2.05, 4.69) is 0 Å². The lowest BCUT2D eigenvalue weighted by molar-refractivity contribution is -0.118. The molecule has 2 nitrogen and oxygen atoms in total. The Morgan fingerprint density at radius 1 is 1.29 bits per heavy atom. The van der Waals surface area contributed by atoms with Crippen molar-refractivity contribution >= 4 is 46.4 Å². The maximum atomic E-state index is 11.7. The quantitative estimate of drug-likeness (QED) is 0.554. The Kier molecular flexibility index (Phi) is 2.38. The highest BCUT2D eigenvalue weighted by Gasteiger charge is 2.48. The molecule has 1 heterocycles. The van der Waals surface area contributed by atoms with Crippen molar-refractivity contribution < 1.29 is 4.79 Å². The molecule has 0 N–H and O–H groups in total. The van der Waals surface area contributed by atoms with Crippen LogP contribution in [0.3, 0.4) is 0 Å². The number of rotatable bonds is 1. The van der Waals surface area contributed by atoms with E-state index >= 15 is 0 Å². The lowest BCUT2D eigenvalue weighted by atomic mass is 10.1. The molecule has 0 fully saturated rings. The second-order valence-corrected chi connectivity index (χ2v) is 4.51. The molecule has 1 aliphatic heterocycles. The van der Waals surface area contributed by atoms with Crippen LogP contribution in [0.4, 0.5) is 5.69 Å². The van der Waals surface area contributed by atoms with Crippen molar-refractivity contribution in [1.29, 1.82) is 0 Å². The minimum absolute atomic E-state index is 0.0526. The molecular weight excluding hydrogens is 244 g/mol. The van der Waals surface area contributed by atoms with E-state index in [1.807, 2.05) is 0 Å². The molecule has 1 aromatic rings. The van der Waals surface area contributed by atoms with Crippen molar-refractivity contribution in [3.05, 3.63) is 29.8 Å². The highest BCUT2D eigenvalue weighted by Crippen LogP contribution is 2.47. The highest BCUT2D eigenvalue weighted by molar-refractivity contribution is 6.60. The molecule has 0 saturated heterocycles. The Morgan fingerprint density at radius 2 is 1.93 bits per heavy atom. The van der Waals surface area contributed by atoms with Gasteiger partial charge < -0.3 is 0 Å². The topological polar surface area (TPSA) is 20.3 Å². The molecular formula is C9H6Cl3NO. The van der Waals surface area contributed by atoms with E-state index in [1.54, 1.807) is 24.3 Å². The maximum absolute atomic E-state index is 11.7. The zero-order valence-corrected chi connectivity index (χ0v) is 9.27. The zero-order chi connectivity index (χ0) is 10.3. The molecule has 0 bridgehead atoms. The number of halogens is 3. The summed E-state index contributed by atoms with van der Waals surface area (Å²) >= 11 is 17.5. The second-order valence-electron chi connectivity index (χ2n) is 2.94. The molecule has 0 aliphatic carbocycles. The lowest BCUT2D eigenvalue weighted by Crippen LogP contribution is -2.32. The molecule has 0 saturated carbocycles. The van der Waals surface area contributed by atoms with Crippen molar-refractivity contribution in [2.45, 2.75) is 4.33 Å². The van der Waals surface area contributed by atoms with Crippen LogP contribution >= 0.6 is 34.8 Å². The molecule has 74 valence electrons. The van der Waals surface area contributed by atoms with Gasteiger partial charge in [0.1, 0.15) is 6.00 Å². The van der Waals surface area contributed by atoms with Crippen LogP contribution in [0.5, 0.6) is 0 Å². The van der Waals surface area contributed by atoms with Gasteiger partial charge in [0.25, 0.3) is 5.91 Å². The van der Waals surface area contributed by atoms with Gasteiger partial charge in [0.15, 0.2) is 0 Å². The third-order valence-electron chi connectivity index (χ3n) is 2.17. The van der Waals surface area contributed by atoms with Crippen LogP contribution in [0.25, 0.3) is 0 Å². The molecule has 1 aromatic carbocycles. The fourth-order valence-corrected chi connectivity index (χ4v) is 2.25. The molecule has 0 spiro atoms. The smallest absolute Gasteiger partial charge is 0.269 e. The Morgan fingerprint density at radius 3 is 2.57 bits per heavy atom. The van der Waals surface area contributed by atoms with E-state index in [9.17, 15) is 4.79 Å². The number of hydrogen-bond acceptors (Lipinski definition) is 1. The van der Waals surface area contributed by atoms with Gasteiger partial charge in [-0.15, -0.1) is 11.6 Å². The van der Waals surface area contributed by atoms with Crippen LogP contribution in [0, 0.1) is 0 Å². The molecule has 1 amide bonds. The SMILES string of the molecule is O=C1N(CCl)c2ccccc2C1(Cl)Cl. The fourth-order valence-electron chi connectivity index (χ4n) is 1.49. The number of anilines is 1. The zero-order valence-electron chi connectivity index (χ0n) is 7.01. The molecule has 0 radical (unpaired) electrons. The van der Waals surface area contributed by atoms with Crippen molar-refractivity contribution in [1.82, 2.24) is 0 Å². The highest BCUT2D eigenvalue weighted by atomic mass is 35.5. The summed E-state index contributed by atoms with van der Waals surface area (Å²) in [6.45, 7) is 0. The first-order valence-corrected chi connectivity index (χ1v) is 5.23. The first kappa shape index (κ1) is 10.1. The third-order valence-corrected chi connectivity index (χ3v) is 3.14. The molecule has 0 atom stereocenters. The lowest BCUT2D eigenvalue weighted by Gasteiger charge is -2.14. The number of carbonyl (C=O) groups excluding carboxylic acids is 1. The van der Waals surface area contributed by atoms with Gasteiger partial charge in [0, 0.05) is 5.56 Å². The Bertz CT molecular complexity index is 391. The van der Waals surface area contributed by atoms with E-state index in [-0.39, 0.29) is 6.00 Å². The second kappa shape index (κ2) is 3.30. The standard InChI is InChI=1S/C9H6Cl3NO/c10-5-13-7-4-2-1-3-6(7)9(11,12)8(13)14/h1-4H,5H2. The molecule has 5 heteroatoms. The van der Waals surface area contributed by atoms with Crippen molar-refractivity contribution in [2.75, 3.05) is 10.9 Å². The van der Waals surface area contributed by atoms with E-state index in [1.165, 1.54) is 4.90 Å². The van der Waals surface area contributed by atoms with E-state index in [0.717, 1.165) is 0 Å². The number of carbonyl (C=O) groups is 1. The maximum Gasteiger partial charge on any atom is 0.269 e. The molecule has 0 aromatic heterocycles. The van der Waals surface area contributed by atoms with Gasteiger partial charge in [-0.05, 0) is 6.07 Å². The molecule has 2 rings (SSSR count). The van der Waals surface area contributed by atoms with Gasteiger partial charge in [-0.2, -0.15) is 0 Å². The summed E-state index contributed by atoms with van der Waals surface area (Å²) in [5.41, 5.74) is 1.27. The average molecular weight is 251 g/mol. The molecule has 14 heavy (non-hydrogen) atoms. The summed E-state index contributed by atoms with van der Waals surface area (Å²) < 4.78 is -1.49. The molecule has 0 unspecified atom stereocenters. The van der Waals surface area contributed by atoms with Gasteiger partial charge in [-0.1, -0.05) is 41.4 Å². The largest absolute Gasteiger partial charge is 0.295 e. The van der Waals surface area contributed by atoms with E-state index in [0.29, 0.717) is 11.3 Å². The monoisotopic (exact) mass is 249 g/mol.